The van der Waals surface area contributed by atoms with Crippen molar-refractivity contribution in [3.63, 3.8) is 0 Å². The molecule has 0 bridgehead atoms. The molecule has 3 atom stereocenters. The maximum Gasteiger partial charge on any atom is 0.503 e. The molecule has 32 heavy (non-hydrogen) atoms. The lowest BCUT2D eigenvalue weighted by atomic mass is 10.1. The van der Waals surface area contributed by atoms with Gasteiger partial charge in [-0.3, -0.25) is 0 Å². The predicted octanol–water partition coefficient (Wildman–Crippen LogP) is 4.26. The molecule has 0 radical (unpaired) electrons. The molecule has 1 aliphatic rings. The number of aromatic nitrogens is 1. The number of nitrogens with zero attached hydrogens (tertiary/aromatic N) is 1. The molecule has 0 spiro atoms. The van der Waals surface area contributed by atoms with Crippen molar-refractivity contribution in [2.24, 2.45) is 5.92 Å². The number of hydrogen-bond acceptors (Lipinski definition) is 6. The molecule has 1 saturated carbocycles. The van der Waals surface area contributed by atoms with Gasteiger partial charge in [-0.25, -0.2) is 17.9 Å². The second-order valence-electron chi connectivity index (χ2n) is 6.92. The van der Waals surface area contributed by atoms with E-state index in [-0.39, 0.29) is 29.3 Å². The average molecular weight is 474 g/mol. The average Bonchev–Trinajstić information content (AvgIpc) is 3.15. The van der Waals surface area contributed by atoms with E-state index in [4.69, 9.17) is 19.4 Å². The number of hydrogen-bond donors (Lipinski definition) is 3. The molecule has 1 aromatic carbocycles. The van der Waals surface area contributed by atoms with Gasteiger partial charge in [-0.1, -0.05) is 42.4 Å². The van der Waals surface area contributed by atoms with Crippen molar-refractivity contribution in [1.82, 2.24) is 9.88 Å². The molecule has 4 rings (SSSR count). The van der Waals surface area contributed by atoms with Gasteiger partial charge in [-0.2, -0.15) is 13.2 Å². The van der Waals surface area contributed by atoms with Gasteiger partial charge in [-0.05, 0) is 23.6 Å². The molecule has 1 fully saturated rings. The Morgan fingerprint density at radius 1 is 1.12 bits per heavy atom. The van der Waals surface area contributed by atoms with Gasteiger partial charge in [0.05, 0.1) is 0 Å². The van der Waals surface area contributed by atoms with Crippen molar-refractivity contribution in [3.05, 3.63) is 59.9 Å². The first-order valence-electron chi connectivity index (χ1n) is 9.03. The maximum atomic E-state index is 12.6. The Kier molecular flexibility index (Phi) is 6.32. The molecule has 3 N–H and O–H groups in total. The fourth-order valence-electron chi connectivity index (χ4n) is 3.19. The van der Waals surface area contributed by atoms with Crippen molar-refractivity contribution in [2.75, 3.05) is 0 Å². The predicted molar refractivity (Wildman–Crippen MR) is 102 cm³/mol. The van der Waals surface area contributed by atoms with Crippen LogP contribution in [0.4, 0.5) is 18.0 Å². The quantitative estimate of drug-likeness (QED) is 0.498. The molecule has 2 aromatic heterocycles. The molecule has 13 heteroatoms. The summed E-state index contributed by atoms with van der Waals surface area (Å²) in [7, 11) is -3.98. The largest absolute Gasteiger partial charge is 0.503 e. The SMILES string of the molecule is C[C@H]1[C@H](NS(=O)(=O)c2ccc(-c3cc(C(F)(F)F)on3)o2)[C@H]1c1ccccc1.O=C(O)O. The summed E-state index contributed by atoms with van der Waals surface area (Å²) in [6.45, 7) is 1.94. The van der Waals surface area contributed by atoms with Crippen molar-refractivity contribution in [1.29, 1.82) is 0 Å². The van der Waals surface area contributed by atoms with Gasteiger partial charge in [0, 0.05) is 18.0 Å². The molecular formula is C19H17F3N2O7S. The molecule has 9 nitrogen and oxygen atoms in total. The summed E-state index contributed by atoms with van der Waals surface area (Å²) in [5.41, 5.74) is 0.792. The summed E-state index contributed by atoms with van der Waals surface area (Å²) in [6.07, 6.45) is -6.52. The van der Waals surface area contributed by atoms with Crippen molar-refractivity contribution < 1.29 is 45.5 Å². The van der Waals surface area contributed by atoms with Gasteiger partial charge in [0.1, 0.15) is 5.69 Å². The van der Waals surface area contributed by atoms with Crippen LogP contribution in [0.15, 0.2) is 62.6 Å². The summed E-state index contributed by atoms with van der Waals surface area (Å²) < 4.78 is 75.0. The normalized spacial score (nSPS) is 20.3. The van der Waals surface area contributed by atoms with Gasteiger partial charge in [-0.15, -0.1) is 0 Å². The Morgan fingerprint density at radius 3 is 2.31 bits per heavy atom. The first kappa shape index (κ1) is 23.3. The molecule has 1 aliphatic carbocycles. The summed E-state index contributed by atoms with van der Waals surface area (Å²) in [4.78, 5) is 8.56. The van der Waals surface area contributed by atoms with Crippen molar-refractivity contribution >= 4 is 16.2 Å². The standard InChI is InChI=1S/C18H15F3N2O4S.CH2O3/c1-10-16(11-5-3-2-4-6-11)17(10)23-28(24,25)15-8-7-13(26-15)12-9-14(27-22-12)18(19,20)21;2-1(3)4/h2-10,16-17,23H,1H3;(H2,2,3,4)/t10-,16-,17+;/m1./s1. The van der Waals surface area contributed by atoms with E-state index >= 15 is 0 Å². The first-order chi connectivity index (χ1) is 14.9. The molecule has 0 aliphatic heterocycles. The van der Waals surface area contributed by atoms with Crippen LogP contribution in [0.1, 0.15) is 24.2 Å². The zero-order valence-corrected chi connectivity index (χ0v) is 17.1. The van der Waals surface area contributed by atoms with Crippen LogP contribution in [0.5, 0.6) is 0 Å². The minimum atomic E-state index is -4.69. The maximum absolute atomic E-state index is 12.6. The molecule has 0 amide bonds. The van der Waals surface area contributed by atoms with E-state index in [9.17, 15) is 21.6 Å². The van der Waals surface area contributed by atoms with Gasteiger partial charge in [0.25, 0.3) is 10.0 Å². The van der Waals surface area contributed by atoms with E-state index in [0.717, 1.165) is 5.56 Å². The Morgan fingerprint density at radius 2 is 1.75 bits per heavy atom. The molecular weight excluding hydrogens is 457 g/mol. The van der Waals surface area contributed by atoms with Crippen molar-refractivity contribution in [3.8, 4) is 11.5 Å². The minimum Gasteiger partial charge on any atom is -0.450 e. The fraction of sp³-hybridized carbons (Fsp3) is 0.263. The molecule has 0 unspecified atom stereocenters. The van der Waals surface area contributed by atoms with Crippen LogP contribution >= 0.6 is 0 Å². The van der Waals surface area contributed by atoms with Crippen molar-refractivity contribution in [2.45, 2.75) is 30.2 Å². The number of sulfonamides is 1. The lowest BCUT2D eigenvalue weighted by Gasteiger charge is -2.04. The van der Waals surface area contributed by atoms with E-state index < -0.39 is 33.2 Å². The Labute approximate surface area is 179 Å². The van der Waals surface area contributed by atoms with E-state index in [1.807, 2.05) is 37.3 Å². The Hall–Kier alpha value is -3.32. The topological polar surface area (TPSA) is 143 Å². The highest BCUT2D eigenvalue weighted by molar-refractivity contribution is 7.89. The third-order valence-corrected chi connectivity index (χ3v) is 6.07. The van der Waals surface area contributed by atoms with E-state index in [1.54, 1.807) is 0 Å². The highest BCUT2D eigenvalue weighted by Crippen LogP contribution is 2.48. The van der Waals surface area contributed by atoms with Gasteiger partial charge in [0.15, 0.2) is 5.76 Å². The third kappa shape index (κ3) is 5.29. The van der Waals surface area contributed by atoms with Gasteiger partial charge < -0.3 is 19.2 Å². The van der Waals surface area contributed by atoms with Crippen LogP contribution in [0, 0.1) is 5.92 Å². The minimum absolute atomic E-state index is 0.0512. The van der Waals surface area contributed by atoms with Crippen LogP contribution in [0.2, 0.25) is 0 Å². The molecule has 3 aromatic rings. The summed E-state index contributed by atoms with van der Waals surface area (Å²) in [6, 6.07) is 12.3. The van der Waals surface area contributed by atoms with Crippen LogP contribution in [-0.4, -0.2) is 36.0 Å². The Bertz CT molecular complexity index is 1180. The van der Waals surface area contributed by atoms with Gasteiger partial charge >= 0.3 is 12.3 Å². The number of furan rings is 1. The van der Waals surface area contributed by atoms with E-state index in [1.165, 1.54) is 12.1 Å². The highest BCUT2D eigenvalue weighted by Gasteiger charge is 2.50. The third-order valence-electron chi connectivity index (χ3n) is 4.74. The van der Waals surface area contributed by atoms with E-state index in [0.29, 0.717) is 6.07 Å². The lowest BCUT2D eigenvalue weighted by Crippen LogP contribution is -2.27. The summed E-state index contributed by atoms with van der Waals surface area (Å²) >= 11 is 0. The number of rotatable bonds is 5. The molecule has 2 heterocycles. The smallest absolute Gasteiger partial charge is 0.450 e. The van der Waals surface area contributed by atoms with Gasteiger partial charge in [0.2, 0.25) is 10.9 Å². The number of halogens is 3. The second kappa shape index (κ2) is 8.67. The van der Waals surface area contributed by atoms with Crippen LogP contribution in [0.3, 0.4) is 0 Å². The lowest BCUT2D eigenvalue weighted by molar-refractivity contribution is -0.155. The molecule has 0 saturated heterocycles. The monoisotopic (exact) mass is 474 g/mol. The zero-order valence-electron chi connectivity index (χ0n) is 16.3. The van der Waals surface area contributed by atoms with Crippen LogP contribution < -0.4 is 4.72 Å². The number of nitrogens with one attached hydrogen (secondary N) is 1. The molecule has 172 valence electrons. The number of carbonyl (C=O) groups is 1. The zero-order chi connectivity index (χ0) is 23.7. The first-order valence-corrected chi connectivity index (χ1v) is 10.5. The van der Waals surface area contributed by atoms with Crippen LogP contribution in [-0.2, 0) is 16.2 Å². The fourth-order valence-corrected chi connectivity index (χ4v) is 4.48. The van der Waals surface area contributed by atoms with E-state index in [2.05, 4.69) is 14.4 Å². The summed E-state index contributed by atoms with van der Waals surface area (Å²) in [5, 5.41) is 16.8. The van der Waals surface area contributed by atoms with Crippen LogP contribution in [0.25, 0.3) is 11.5 Å². The number of carboxylic acid groups (broad SMARTS) is 2. The summed E-state index contributed by atoms with van der Waals surface area (Å²) in [5.74, 6) is -1.27. The highest BCUT2D eigenvalue weighted by atomic mass is 32.2. The second-order valence-corrected chi connectivity index (χ2v) is 8.56. The number of alkyl halides is 3. The number of benzene rings is 1. The Balaban J connectivity index is 0.000000668.